The van der Waals surface area contributed by atoms with E-state index in [1.54, 1.807) is 0 Å². The molecule has 0 saturated heterocycles. The fourth-order valence-electron chi connectivity index (χ4n) is 2.44. The highest BCUT2D eigenvalue weighted by Gasteiger charge is 2.19. The summed E-state index contributed by atoms with van der Waals surface area (Å²) < 4.78 is 0. The Morgan fingerprint density at radius 2 is 1.52 bits per heavy atom. The van der Waals surface area contributed by atoms with E-state index in [-0.39, 0.29) is 12.0 Å². The van der Waals surface area contributed by atoms with Crippen molar-refractivity contribution in [3.05, 3.63) is 71.3 Å². The molecule has 2 N–H and O–H groups in total. The molecule has 112 valence electrons. The minimum absolute atomic E-state index is 0.115. The lowest BCUT2D eigenvalue weighted by atomic mass is 9.84. The number of benzene rings is 2. The van der Waals surface area contributed by atoms with Crippen LogP contribution in [0.25, 0.3) is 0 Å². The zero-order chi connectivity index (χ0) is 15.1. The van der Waals surface area contributed by atoms with Gasteiger partial charge in [-0.2, -0.15) is 0 Å². The molecule has 2 aromatic rings. The Kier molecular flexibility index (Phi) is 5.54. The summed E-state index contributed by atoms with van der Waals surface area (Å²) in [6.07, 6.45) is 1.01. The Morgan fingerprint density at radius 1 is 0.905 bits per heavy atom. The molecular formula is C19H25NO. The van der Waals surface area contributed by atoms with Crippen LogP contribution in [0.1, 0.15) is 30.5 Å². The predicted molar refractivity (Wildman–Crippen MR) is 88.4 cm³/mol. The van der Waals surface area contributed by atoms with Crippen molar-refractivity contribution in [3.8, 4) is 0 Å². The van der Waals surface area contributed by atoms with Crippen molar-refractivity contribution in [2.24, 2.45) is 0 Å². The number of hydrogen-bond acceptors (Lipinski definition) is 2. The molecule has 0 radical (unpaired) electrons. The van der Waals surface area contributed by atoms with Crippen LogP contribution < -0.4 is 5.32 Å². The summed E-state index contributed by atoms with van der Waals surface area (Å²) in [6, 6.07) is 18.8. The van der Waals surface area contributed by atoms with Gasteiger partial charge < -0.3 is 10.4 Å². The van der Waals surface area contributed by atoms with E-state index in [2.05, 4.69) is 61.6 Å². The second-order valence-electron chi connectivity index (χ2n) is 6.15. The van der Waals surface area contributed by atoms with Crippen molar-refractivity contribution in [3.63, 3.8) is 0 Å². The predicted octanol–water partition coefficient (Wildman–Crippen LogP) is 3.29. The lowest BCUT2D eigenvalue weighted by Gasteiger charge is -2.25. The molecule has 0 saturated carbocycles. The molecule has 0 aromatic heterocycles. The van der Waals surface area contributed by atoms with Gasteiger partial charge in [-0.3, -0.25) is 0 Å². The summed E-state index contributed by atoms with van der Waals surface area (Å²) >= 11 is 0. The zero-order valence-electron chi connectivity index (χ0n) is 13.0. The number of hydrogen-bond donors (Lipinski definition) is 2. The zero-order valence-corrected chi connectivity index (χ0v) is 13.0. The molecule has 2 rings (SSSR count). The normalized spacial score (nSPS) is 11.6. The van der Waals surface area contributed by atoms with Crippen LogP contribution in [-0.2, 0) is 18.4 Å². The van der Waals surface area contributed by atoms with E-state index in [0.717, 1.165) is 25.1 Å². The van der Waals surface area contributed by atoms with Crippen LogP contribution in [0.2, 0.25) is 0 Å². The third kappa shape index (κ3) is 4.69. The van der Waals surface area contributed by atoms with Crippen molar-refractivity contribution in [1.29, 1.82) is 0 Å². The van der Waals surface area contributed by atoms with Crippen molar-refractivity contribution in [2.45, 2.75) is 32.3 Å². The summed E-state index contributed by atoms with van der Waals surface area (Å²) in [7, 11) is 0. The van der Waals surface area contributed by atoms with Crippen LogP contribution in [0, 0.1) is 0 Å². The quantitative estimate of drug-likeness (QED) is 0.764. The first-order valence-corrected chi connectivity index (χ1v) is 7.57. The Balaban J connectivity index is 1.78. The Morgan fingerprint density at radius 3 is 2.14 bits per heavy atom. The largest absolute Gasteiger partial charge is 0.392 e. The van der Waals surface area contributed by atoms with Crippen molar-refractivity contribution >= 4 is 0 Å². The molecule has 0 fully saturated rings. The van der Waals surface area contributed by atoms with Gasteiger partial charge in [0.15, 0.2) is 0 Å². The second kappa shape index (κ2) is 7.39. The number of rotatable bonds is 7. The van der Waals surface area contributed by atoms with E-state index in [4.69, 9.17) is 5.11 Å². The lowest BCUT2D eigenvalue weighted by Crippen LogP contribution is -2.34. The first-order valence-electron chi connectivity index (χ1n) is 7.57. The van der Waals surface area contributed by atoms with Crippen LogP contribution in [0.3, 0.4) is 0 Å². The highest BCUT2D eigenvalue weighted by atomic mass is 16.3. The van der Waals surface area contributed by atoms with Crippen LogP contribution in [-0.4, -0.2) is 18.2 Å². The number of aliphatic hydroxyl groups is 1. The molecule has 0 amide bonds. The molecule has 0 unspecified atom stereocenters. The molecule has 0 spiro atoms. The van der Waals surface area contributed by atoms with Crippen LogP contribution in [0.4, 0.5) is 0 Å². The first-order chi connectivity index (χ1) is 10.1. The molecule has 0 aliphatic heterocycles. The SMILES string of the molecule is CC(C)(CNCCc1ccc(CO)cc1)c1ccccc1. The lowest BCUT2D eigenvalue weighted by molar-refractivity contribution is 0.282. The average Bonchev–Trinajstić information content (AvgIpc) is 2.53. The standard InChI is InChI=1S/C19H25NO/c1-19(2,18-6-4-3-5-7-18)15-20-13-12-16-8-10-17(14-21)11-9-16/h3-11,20-21H,12-15H2,1-2H3. The van der Waals surface area contributed by atoms with Gasteiger partial charge in [-0.15, -0.1) is 0 Å². The molecule has 0 aliphatic rings. The van der Waals surface area contributed by atoms with Crippen molar-refractivity contribution in [2.75, 3.05) is 13.1 Å². The number of aliphatic hydroxyl groups excluding tert-OH is 1. The summed E-state index contributed by atoms with van der Waals surface area (Å²) in [5.41, 5.74) is 3.78. The smallest absolute Gasteiger partial charge is 0.0681 e. The van der Waals surface area contributed by atoms with Gasteiger partial charge in [0.1, 0.15) is 0 Å². The third-order valence-electron chi connectivity index (χ3n) is 3.92. The summed E-state index contributed by atoms with van der Waals surface area (Å²) in [6.45, 7) is 6.58. The minimum Gasteiger partial charge on any atom is -0.392 e. The topological polar surface area (TPSA) is 32.3 Å². The highest BCUT2D eigenvalue weighted by molar-refractivity contribution is 5.24. The van der Waals surface area contributed by atoms with Crippen LogP contribution in [0.15, 0.2) is 54.6 Å². The first kappa shape index (κ1) is 15.7. The maximum Gasteiger partial charge on any atom is 0.0681 e. The third-order valence-corrected chi connectivity index (χ3v) is 3.92. The van der Waals surface area contributed by atoms with Gasteiger partial charge in [0.2, 0.25) is 0 Å². The molecule has 0 bridgehead atoms. The van der Waals surface area contributed by atoms with Crippen LogP contribution >= 0.6 is 0 Å². The van der Waals surface area contributed by atoms with E-state index < -0.39 is 0 Å². The maximum atomic E-state index is 9.03. The molecule has 0 heterocycles. The van der Waals surface area contributed by atoms with E-state index in [1.165, 1.54) is 11.1 Å². The monoisotopic (exact) mass is 283 g/mol. The van der Waals surface area contributed by atoms with Gasteiger partial charge in [0, 0.05) is 12.0 Å². The minimum atomic E-state index is 0.115. The van der Waals surface area contributed by atoms with Gasteiger partial charge in [-0.25, -0.2) is 0 Å². The molecule has 0 aliphatic carbocycles. The Bertz CT molecular complexity index is 531. The van der Waals surface area contributed by atoms with Gasteiger partial charge in [-0.1, -0.05) is 68.4 Å². The average molecular weight is 283 g/mol. The molecule has 0 atom stereocenters. The Hall–Kier alpha value is -1.64. The molecule has 2 nitrogen and oxygen atoms in total. The fraction of sp³-hybridized carbons (Fsp3) is 0.368. The van der Waals surface area contributed by atoms with Gasteiger partial charge in [0.25, 0.3) is 0 Å². The molecule has 2 aromatic carbocycles. The second-order valence-corrected chi connectivity index (χ2v) is 6.15. The van der Waals surface area contributed by atoms with Crippen molar-refractivity contribution < 1.29 is 5.11 Å². The summed E-state index contributed by atoms with van der Waals surface area (Å²) in [5.74, 6) is 0. The maximum absolute atomic E-state index is 9.03. The van der Waals surface area contributed by atoms with E-state index in [1.807, 2.05) is 12.1 Å². The fourth-order valence-corrected chi connectivity index (χ4v) is 2.44. The summed E-state index contributed by atoms with van der Waals surface area (Å²) in [5, 5.41) is 12.6. The van der Waals surface area contributed by atoms with Gasteiger partial charge in [0.05, 0.1) is 6.61 Å². The van der Waals surface area contributed by atoms with E-state index >= 15 is 0 Å². The van der Waals surface area contributed by atoms with Crippen molar-refractivity contribution in [1.82, 2.24) is 5.32 Å². The van der Waals surface area contributed by atoms with E-state index in [9.17, 15) is 0 Å². The van der Waals surface area contributed by atoms with Gasteiger partial charge >= 0.3 is 0 Å². The highest BCUT2D eigenvalue weighted by Crippen LogP contribution is 2.21. The number of nitrogens with one attached hydrogen (secondary N) is 1. The Labute approximate surface area is 127 Å². The molecular weight excluding hydrogens is 258 g/mol. The molecule has 2 heteroatoms. The van der Waals surface area contributed by atoms with Crippen LogP contribution in [0.5, 0.6) is 0 Å². The van der Waals surface area contributed by atoms with Gasteiger partial charge in [-0.05, 0) is 29.7 Å². The summed E-state index contributed by atoms with van der Waals surface area (Å²) in [4.78, 5) is 0. The van der Waals surface area contributed by atoms with E-state index in [0.29, 0.717) is 0 Å². The molecule has 21 heavy (non-hydrogen) atoms.